The summed E-state index contributed by atoms with van der Waals surface area (Å²) in [4.78, 5) is 11.1. The maximum absolute atomic E-state index is 11.1. The molecule has 0 atom stereocenters. The zero-order valence-corrected chi connectivity index (χ0v) is 8.84. The second-order valence-corrected chi connectivity index (χ2v) is 3.61. The molecule has 0 fully saturated rings. The van der Waals surface area contributed by atoms with Gasteiger partial charge in [0.05, 0.1) is 0 Å². The molecule has 3 N–H and O–H groups in total. The van der Waals surface area contributed by atoms with E-state index in [-0.39, 0.29) is 5.69 Å². The Morgan fingerprint density at radius 3 is 2.50 bits per heavy atom. The van der Waals surface area contributed by atoms with Crippen LogP contribution in [-0.2, 0) is 0 Å². The summed E-state index contributed by atoms with van der Waals surface area (Å²) >= 11 is 0. The van der Waals surface area contributed by atoms with Crippen LogP contribution in [0.2, 0.25) is 0 Å². The molecule has 0 unspecified atom stereocenters. The van der Waals surface area contributed by atoms with Crippen molar-refractivity contribution in [1.29, 1.82) is 0 Å². The van der Waals surface area contributed by atoms with Gasteiger partial charge in [0.1, 0.15) is 0 Å². The molecule has 2 rings (SSSR count). The van der Waals surface area contributed by atoms with Gasteiger partial charge >= 0.3 is 5.97 Å². The van der Waals surface area contributed by atoms with Gasteiger partial charge in [-0.3, -0.25) is 4.68 Å². The Balaban J connectivity index is 2.69. The smallest absolute Gasteiger partial charge is 0.355 e. The molecular weight excluding hydrogens is 204 g/mol. The average molecular weight is 216 g/mol. The molecule has 0 amide bonds. The number of carboxylic acids is 1. The van der Waals surface area contributed by atoms with E-state index in [1.807, 2.05) is 37.3 Å². The van der Waals surface area contributed by atoms with Crippen LogP contribution in [0.25, 0.3) is 11.1 Å². The van der Waals surface area contributed by atoms with Gasteiger partial charge in [-0.05, 0) is 18.1 Å². The van der Waals surface area contributed by atoms with Gasteiger partial charge in [-0.2, -0.15) is 0 Å². The Morgan fingerprint density at radius 1 is 1.31 bits per heavy atom. The number of rotatable bonds is 2. The van der Waals surface area contributed by atoms with E-state index >= 15 is 0 Å². The van der Waals surface area contributed by atoms with Crippen molar-refractivity contribution >= 4 is 5.97 Å². The molecule has 0 saturated carbocycles. The van der Waals surface area contributed by atoms with Crippen molar-refractivity contribution in [2.24, 2.45) is 0 Å². The van der Waals surface area contributed by atoms with Gasteiger partial charge in [0, 0.05) is 11.8 Å². The van der Waals surface area contributed by atoms with Crippen LogP contribution in [0.4, 0.5) is 0 Å². The number of benzene rings is 1. The number of nitrogens with zero attached hydrogens (tertiary/aromatic N) is 1. The van der Waals surface area contributed by atoms with E-state index in [0.29, 0.717) is 5.56 Å². The summed E-state index contributed by atoms with van der Waals surface area (Å²) in [5, 5.41) is 9.12. The van der Waals surface area contributed by atoms with Crippen molar-refractivity contribution in [3.63, 3.8) is 0 Å². The summed E-state index contributed by atoms with van der Waals surface area (Å²) < 4.78 is 1.15. The number of hydrogen-bond donors (Lipinski definition) is 2. The fraction of sp³-hybridized carbons (Fsp3) is 0.0833. The molecule has 0 spiro atoms. The van der Waals surface area contributed by atoms with Crippen molar-refractivity contribution in [2.45, 2.75) is 6.92 Å². The third-order valence-corrected chi connectivity index (χ3v) is 2.49. The first-order valence-electron chi connectivity index (χ1n) is 4.87. The zero-order chi connectivity index (χ0) is 11.7. The minimum absolute atomic E-state index is 0.115. The normalized spacial score (nSPS) is 10.3. The lowest BCUT2D eigenvalue weighted by Gasteiger charge is -2.03. The van der Waals surface area contributed by atoms with Crippen LogP contribution >= 0.6 is 0 Å². The van der Waals surface area contributed by atoms with Crippen LogP contribution in [0.3, 0.4) is 0 Å². The lowest BCUT2D eigenvalue weighted by atomic mass is 10.0. The Hall–Kier alpha value is -2.23. The molecule has 4 heteroatoms. The summed E-state index contributed by atoms with van der Waals surface area (Å²) in [6, 6.07) is 9.37. The summed E-state index contributed by atoms with van der Waals surface area (Å²) in [5.74, 6) is 4.60. The largest absolute Gasteiger partial charge is 0.476 e. The molecule has 0 aliphatic rings. The second kappa shape index (κ2) is 3.73. The topological polar surface area (TPSA) is 68.2 Å². The Labute approximate surface area is 92.9 Å². The molecule has 1 heterocycles. The van der Waals surface area contributed by atoms with E-state index in [0.717, 1.165) is 15.8 Å². The molecule has 1 aromatic heterocycles. The van der Waals surface area contributed by atoms with E-state index in [9.17, 15) is 4.79 Å². The lowest BCUT2D eigenvalue weighted by molar-refractivity contribution is 0.0688. The van der Waals surface area contributed by atoms with E-state index in [2.05, 4.69) is 0 Å². The van der Waals surface area contributed by atoms with Crippen LogP contribution in [0.5, 0.6) is 0 Å². The monoisotopic (exact) mass is 216 g/mol. The second-order valence-electron chi connectivity index (χ2n) is 3.61. The highest BCUT2D eigenvalue weighted by molar-refractivity contribution is 5.95. The third kappa shape index (κ3) is 1.54. The number of aryl methyl sites for hydroxylation is 1. The standard InChI is InChI=1S/C12H12N2O2/c1-8-7-14(13)11(12(15)16)10(8)9-5-3-2-4-6-9/h2-7H,13H2,1H3,(H,15,16). The number of hydrogen-bond acceptors (Lipinski definition) is 2. The van der Waals surface area contributed by atoms with Gasteiger partial charge in [0.2, 0.25) is 0 Å². The van der Waals surface area contributed by atoms with Crippen molar-refractivity contribution in [3.8, 4) is 11.1 Å². The van der Waals surface area contributed by atoms with Crippen LogP contribution in [0.15, 0.2) is 36.5 Å². The van der Waals surface area contributed by atoms with Gasteiger partial charge in [-0.1, -0.05) is 30.3 Å². The van der Waals surface area contributed by atoms with E-state index in [1.165, 1.54) is 0 Å². The number of aromatic carboxylic acids is 1. The third-order valence-electron chi connectivity index (χ3n) is 2.49. The highest BCUT2D eigenvalue weighted by atomic mass is 16.4. The first kappa shape index (κ1) is 10.3. The number of nitrogens with two attached hydrogens (primary N) is 1. The van der Waals surface area contributed by atoms with E-state index in [1.54, 1.807) is 6.20 Å². The van der Waals surface area contributed by atoms with E-state index < -0.39 is 5.97 Å². The summed E-state index contributed by atoms with van der Waals surface area (Å²) in [6.45, 7) is 1.85. The van der Waals surface area contributed by atoms with Crippen LogP contribution in [-0.4, -0.2) is 15.8 Å². The minimum Gasteiger partial charge on any atom is -0.476 e. The molecule has 2 aromatic rings. The number of carboxylic acid groups (broad SMARTS) is 1. The van der Waals surface area contributed by atoms with E-state index in [4.69, 9.17) is 10.9 Å². The van der Waals surface area contributed by atoms with Gasteiger partial charge in [-0.15, -0.1) is 0 Å². The molecule has 0 aliphatic carbocycles. The number of aromatic nitrogens is 1. The molecule has 0 bridgehead atoms. The molecule has 0 aliphatic heterocycles. The molecular formula is C12H12N2O2. The Morgan fingerprint density at radius 2 is 1.94 bits per heavy atom. The fourth-order valence-corrected chi connectivity index (χ4v) is 1.84. The first-order chi connectivity index (χ1) is 7.61. The van der Waals surface area contributed by atoms with Gasteiger partial charge in [-0.25, -0.2) is 4.79 Å². The fourth-order valence-electron chi connectivity index (χ4n) is 1.84. The number of carbonyl (C=O) groups is 1. The predicted octanol–water partition coefficient (Wildman–Crippen LogP) is 1.88. The molecule has 4 nitrogen and oxygen atoms in total. The Kier molecular flexibility index (Phi) is 2.40. The molecule has 0 radical (unpaired) electrons. The van der Waals surface area contributed by atoms with Gasteiger partial charge < -0.3 is 10.9 Å². The number of nitrogen functional groups attached to an aromatic ring is 1. The lowest BCUT2D eigenvalue weighted by Crippen LogP contribution is -2.15. The summed E-state index contributed by atoms with van der Waals surface area (Å²) in [5.41, 5.74) is 2.51. The zero-order valence-electron chi connectivity index (χ0n) is 8.84. The van der Waals surface area contributed by atoms with Crippen LogP contribution in [0.1, 0.15) is 16.1 Å². The molecule has 16 heavy (non-hydrogen) atoms. The SMILES string of the molecule is Cc1cn(N)c(C(=O)O)c1-c1ccccc1. The quantitative estimate of drug-likeness (QED) is 0.753. The molecule has 1 aromatic carbocycles. The van der Waals surface area contributed by atoms with Gasteiger partial charge in [0.25, 0.3) is 0 Å². The maximum Gasteiger partial charge on any atom is 0.355 e. The van der Waals surface area contributed by atoms with Crippen molar-refractivity contribution in [3.05, 3.63) is 47.8 Å². The van der Waals surface area contributed by atoms with Crippen molar-refractivity contribution in [1.82, 2.24) is 4.68 Å². The summed E-state index contributed by atoms with van der Waals surface area (Å²) in [6.07, 6.45) is 1.62. The minimum atomic E-state index is -1.02. The molecule has 82 valence electrons. The van der Waals surface area contributed by atoms with Crippen LogP contribution in [0, 0.1) is 6.92 Å². The van der Waals surface area contributed by atoms with Crippen molar-refractivity contribution in [2.75, 3.05) is 5.84 Å². The maximum atomic E-state index is 11.1. The highest BCUT2D eigenvalue weighted by Gasteiger charge is 2.19. The Bertz CT molecular complexity index is 529. The summed E-state index contributed by atoms with van der Waals surface area (Å²) in [7, 11) is 0. The van der Waals surface area contributed by atoms with Gasteiger partial charge in [0.15, 0.2) is 5.69 Å². The van der Waals surface area contributed by atoms with Crippen LogP contribution < -0.4 is 5.84 Å². The average Bonchev–Trinajstić information content (AvgIpc) is 2.55. The van der Waals surface area contributed by atoms with Crippen molar-refractivity contribution < 1.29 is 9.90 Å². The molecule has 0 saturated heterocycles. The first-order valence-corrected chi connectivity index (χ1v) is 4.87. The highest BCUT2D eigenvalue weighted by Crippen LogP contribution is 2.27. The predicted molar refractivity (Wildman–Crippen MR) is 61.7 cm³/mol.